The van der Waals surface area contributed by atoms with Crippen LogP contribution >= 0.6 is 0 Å². The Bertz CT molecular complexity index is 616. The van der Waals surface area contributed by atoms with Crippen LogP contribution in [0.4, 0.5) is 11.6 Å². The summed E-state index contributed by atoms with van der Waals surface area (Å²) in [6.45, 7) is 4.19. The van der Waals surface area contributed by atoms with Crippen molar-refractivity contribution >= 4 is 11.6 Å². The molecule has 0 fully saturated rings. The maximum absolute atomic E-state index is 11.2. The Kier molecular flexibility index (Phi) is 4.19. The zero-order valence-corrected chi connectivity index (χ0v) is 11.3. The molecule has 7 heteroatoms. The fourth-order valence-electron chi connectivity index (χ4n) is 1.92. The summed E-state index contributed by atoms with van der Waals surface area (Å²) in [5.74, 6) is 0.412. The molecule has 0 radical (unpaired) electrons. The molecule has 2 heterocycles. The number of hydrogen-bond acceptors (Lipinski definition) is 6. The summed E-state index contributed by atoms with van der Waals surface area (Å²) in [4.78, 5) is 23.1. The lowest BCUT2D eigenvalue weighted by Gasteiger charge is -2.08. The molecule has 104 valence electrons. The Morgan fingerprint density at radius 1 is 1.40 bits per heavy atom. The van der Waals surface area contributed by atoms with Crippen LogP contribution in [0.2, 0.25) is 0 Å². The van der Waals surface area contributed by atoms with E-state index in [1.807, 2.05) is 13.0 Å². The second kappa shape index (κ2) is 6.05. The number of hydrogen-bond donors (Lipinski definition) is 1. The zero-order chi connectivity index (χ0) is 14.5. The van der Waals surface area contributed by atoms with Gasteiger partial charge in [0.25, 0.3) is 0 Å². The highest BCUT2D eigenvalue weighted by atomic mass is 16.6. The van der Waals surface area contributed by atoms with Gasteiger partial charge in [0.15, 0.2) is 0 Å². The summed E-state index contributed by atoms with van der Waals surface area (Å²) < 4.78 is 0. The number of nitrogens with one attached hydrogen (secondary N) is 1. The number of aromatic nitrogens is 3. The minimum atomic E-state index is -0.434. The molecule has 0 saturated heterocycles. The molecule has 0 aliphatic rings. The van der Waals surface area contributed by atoms with Crippen LogP contribution in [0.15, 0.2) is 24.5 Å². The van der Waals surface area contributed by atoms with Crippen molar-refractivity contribution in [1.82, 2.24) is 15.0 Å². The monoisotopic (exact) mass is 273 g/mol. The van der Waals surface area contributed by atoms with Crippen molar-refractivity contribution in [2.75, 3.05) is 11.9 Å². The number of nitrogens with zero attached hydrogens (tertiary/aromatic N) is 4. The van der Waals surface area contributed by atoms with Gasteiger partial charge in [-0.3, -0.25) is 15.1 Å². The quantitative estimate of drug-likeness (QED) is 0.662. The minimum Gasteiger partial charge on any atom is -0.354 e. The van der Waals surface area contributed by atoms with Gasteiger partial charge in [0.2, 0.25) is 5.95 Å². The third-order valence-corrected chi connectivity index (χ3v) is 2.74. The van der Waals surface area contributed by atoms with Crippen LogP contribution in [0.25, 0.3) is 0 Å². The average Bonchev–Trinajstić information content (AvgIpc) is 2.39. The van der Waals surface area contributed by atoms with E-state index in [0.717, 1.165) is 5.56 Å². The van der Waals surface area contributed by atoms with Gasteiger partial charge >= 0.3 is 5.69 Å². The van der Waals surface area contributed by atoms with E-state index in [9.17, 15) is 10.1 Å². The first kappa shape index (κ1) is 13.9. The van der Waals surface area contributed by atoms with E-state index >= 15 is 0 Å². The molecule has 1 N–H and O–H groups in total. The highest BCUT2D eigenvalue weighted by Crippen LogP contribution is 2.24. The molecule has 0 bridgehead atoms. The van der Waals surface area contributed by atoms with Crippen LogP contribution < -0.4 is 5.32 Å². The molecule has 0 aliphatic carbocycles. The number of nitro groups is 1. The molecule has 2 aromatic rings. The number of pyridine rings is 1. The average molecular weight is 273 g/mol. The molecule has 0 aromatic carbocycles. The van der Waals surface area contributed by atoms with Gasteiger partial charge in [-0.05, 0) is 25.5 Å². The maximum atomic E-state index is 11.2. The van der Waals surface area contributed by atoms with Crippen LogP contribution in [0.5, 0.6) is 0 Å². The molecule has 0 saturated carbocycles. The number of anilines is 1. The Hall–Kier alpha value is -2.57. The smallest absolute Gasteiger partial charge is 0.312 e. The molecule has 2 aromatic heterocycles. The zero-order valence-electron chi connectivity index (χ0n) is 11.3. The SMILES string of the molecule is CCNc1nc(C)c([N+](=O)[O-])c(Cc2cccnc2)n1. The minimum absolute atomic E-state index is 0.0319. The van der Waals surface area contributed by atoms with E-state index in [4.69, 9.17) is 0 Å². The van der Waals surface area contributed by atoms with Gasteiger partial charge in [-0.2, -0.15) is 0 Å². The van der Waals surface area contributed by atoms with E-state index in [-0.39, 0.29) is 5.69 Å². The lowest BCUT2D eigenvalue weighted by molar-refractivity contribution is -0.386. The molecule has 2 rings (SSSR count). The Morgan fingerprint density at radius 3 is 2.80 bits per heavy atom. The van der Waals surface area contributed by atoms with Gasteiger partial charge in [-0.1, -0.05) is 6.07 Å². The fourth-order valence-corrected chi connectivity index (χ4v) is 1.92. The van der Waals surface area contributed by atoms with Gasteiger partial charge in [-0.25, -0.2) is 9.97 Å². The van der Waals surface area contributed by atoms with Crippen molar-refractivity contribution in [2.45, 2.75) is 20.3 Å². The Balaban J connectivity index is 2.45. The van der Waals surface area contributed by atoms with Gasteiger partial charge in [-0.15, -0.1) is 0 Å². The third kappa shape index (κ3) is 3.05. The topological polar surface area (TPSA) is 93.8 Å². The molecule has 0 aliphatic heterocycles. The van der Waals surface area contributed by atoms with E-state index in [0.29, 0.717) is 30.3 Å². The first-order chi connectivity index (χ1) is 9.61. The highest BCUT2D eigenvalue weighted by molar-refractivity contribution is 5.46. The van der Waals surface area contributed by atoms with Crippen molar-refractivity contribution in [3.63, 3.8) is 0 Å². The van der Waals surface area contributed by atoms with Gasteiger partial charge in [0.1, 0.15) is 11.4 Å². The van der Waals surface area contributed by atoms with Crippen LogP contribution in [0, 0.1) is 17.0 Å². The second-order valence-electron chi connectivity index (χ2n) is 4.25. The van der Waals surface area contributed by atoms with Crippen molar-refractivity contribution in [2.24, 2.45) is 0 Å². The molecule has 20 heavy (non-hydrogen) atoms. The number of aryl methyl sites for hydroxylation is 1. The Morgan fingerprint density at radius 2 is 2.20 bits per heavy atom. The van der Waals surface area contributed by atoms with Gasteiger partial charge in [0, 0.05) is 25.4 Å². The van der Waals surface area contributed by atoms with Crippen LogP contribution in [-0.4, -0.2) is 26.4 Å². The summed E-state index contributed by atoms with van der Waals surface area (Å²) in [7, 11) is 0. The van der Waals surface area contributed by atoms with Gasteiger partial charge < -0.3 is 5.32 Å². The summed E-state index contributed by atoms with van der Waals surface area (Å²) >= 11 is 0. The molecule has 0 spiro atoms. The van der Waals surface area contributed by atoms with E-state index < -0.39 is 4.92 Å². The summed E-state index contributed by atoms with van der Waals surface area (Å²) in [6.07, 6.45) is 3.69. The summed E-state index contributed by atoms with van der Waals surface area (Å²) in [6, 6.07) is 3.65. The van der Waals surface area contributed by atoms with Crippen molar-refractivity contribution in [3.8, 4) is 0 Å². The molecule has 7 nitrogen and oxygen atoms in total. The first-order valence-electron chi connectivity index (χ1n) is 6.26. The van der Waals surface area contributed by atoms with Crippen LogP contribution in [0.1, 0.15) is 23.9 Å². The van der Waals surface area contributed by atoms with E-state index in [2.05, 4.69) is 20.3 Å². The first-order valence-corrected chi connectivity index (χ1v) is 6.26. The molecular weight excluding hydrogens is 258 g/mol. The van der Waals surface area contributed by atoms with Crippen LogP contribution in [0.3, 0.4) is 0 Å². The summed E-state index contributed by atoms with van der Waals surface area (Å²) in [5, 5.41) is 14.2. The van der Waals surface area contributed by atoms with E-state index in [1.165, 1.54) is 0 Å². The third-order valence-electron chi connectivity index (χ3n) is 2.74. The lowest BCUT2D eigenvalue weighted by atomic mass is 10.1. The number of rotatable bonds is 5. The normalized spacial score (nSPS) is 10.3. The Labute approximate surface area is 116 Å². The fraction of sp³-hybridized carbons (Fsp3) is 0.308. The highest BCUT2D eigenvalue weighted by Gasteiger charge is 2.21. The lowest BCUT2D eigenvalue weighted by Crippen LogP contribution is -2.09. The predicted octanol–water partition coefficient (Wildman–Crippen LogP) is 2.11. The van der Waals surface area contributed by atoms with Gasteiger partial charge in [0.05, 0.1) is 4.92 Å². The molecular formula is C13H15N5O2. The molecule has 0 amide bonds. The predicted molar refractivity (Wildman–Crippen MR) is 74.6 cm³/mol. The maximum Gasteiger partial charge on any atom is 0.312 e. The van der Waals surface area contributed by atoms with Crippen molar-refractivity contribution in [1.29, 1.82) is 0 Å². The largest absolute Gasteiger partial charge is 0.354 e. The van der Waals surface area contributed by atoms with Crippen LogP contribution in [-0.2, 0) is 6.42 Å². The molecule has 0 atom stereocenters. The van der Waals surface area contributed by atoms with Crippen molar-refractivity contribution < 1.29 is 4.92 Å². The standard InChI is InChI=1S/C13H15N5O2/c1-3-15-13-16-9(2)12(18(19)20)11(17-13)7-10-5-4-6-14-8-10/h4-6,8H,3,7H2,1-2H3,(H,15,16,17). The summed E-state index contributed by atoms with van der Waals surface area (Å²) in [5.41, 5.74) is 1.60. The second-order valence-corrected chi connectivity index (χ2v) is 4.25. The molecule has 0 unspecified atom stereocenters. The van der Waals surface area contributed by atoms with Crippen molar-refractivity contribution in [3.05, 3.63) is 51.6 Å². The van der Waals surface area contributed by atoms with E-state index in [1.54, 1.807) is 25.4 Å².